The first-order valence-corrected chi connectivity index (χ1v) is 11.5. The van der Waals surface area contributed by atoms with Gasteiger partial charge in [-0.05, 0) is 48.2 Å². The first kappa shape index (κ1) is 20.8. The van der Waals surface area contributed by atoms with E-state index in [0.29, 0.717) is 25.8 Å². The molecule has 1 saturated heterocycles. The molecule has 0 N–H and O–H groups in total. The van der Waals surface area contributed by atoms with Gasteiger partial charge in [-0.15, -0.1) is 0 Å². The van der Waals surface area contributed by atoms with Gasteiger partial charge < -0.3 is 9.80 Å². The van der Waals surface area contributed by atoms with Gasteiger partial charge in [-0.25, -0.2) is 0 Å². The summed E-state index contributed by atoms with van der Waals surface area (Å²) in [5.41, 5.74) is 2.46. The number of halogens is 3. The molecule has 0 radical (unpaired) electrons. The van der Waals surface area contributed by atoms with Crippen LogP contribution in [-0.4, -0.2) is 49.6 Å². The molecule has 0 bridgehead atoms. The number of nitrogens with zero attached hydrogens (tertiary/aromatic N) is 2. The Balaban J connectivity index is 1.34. The summed E-state index contributed by atoms with van der Waals surface area (Å²) < 4.78 is 39.8. The molecule has 0 spiro atoms. The lowest BCUT2D eigenvalue weighted by Crippen LogP contribution is -2.41. The topological polar surface area (TPSA) is 23.6 Å². The molecule has 1 aliphatic heterocycles. The number of alkyl halides is 3. The second-order valence-corrected chi connectivity index (χ2v) is 9.69. The smallest absolute Gasteiger partial charge is 0.370 e. The van der Waals surface area contributed by atoms with Gasteiger partial charge in [0.25, 0.3) is 0 Å². The molecule has 2 aliphatic carbocycles. The number of anilines is 1. The molecule has 0 atom stereocenters. The van der Waals surface area contributed by atoms with E-state index in [-0.39, 0.29) is 5.78 Å². The van der Waals surface area contributed by atoms with Crippen molar-refractivity contribution in [1.29, 1.82) is 0 Å². The molecular formula is C25H29F3N2O. The summed E-state index contributed by atoms with van der Waals surface area (Å²) >= 11 is 0. The Kier molecular flexibility index (Phi) is 5.24. The Labute approximate surface area is 181 Å². The third-order valence-corrected chi connectivity index (χ3v) is 7.48. The maximum atomic E-state index is 13.3. The molecule has 0 amide bonds. The summed E-state index contributed by atoms with van der Waals surface area (Å²) in [6.45, 7) is 3.86. The Bertz CT molecular complexity index is 994. The standard InChI is InChI=1S/C25H29F3N2O/c26-25(27,28)16-24(9-1-2-10-24)17-29-11-4-12-30(14-13-29)21-8-7-18-15-22(31)20-6-3-5-19(21)23(18)20/h3,5-8H,1-2,4,9-17H2. The van der Waals surface area contributed by atoms with Crippen LogP contribution < -0.4 is 4.90 Å². The summed E-state index contributed by atoms with van der Waals surface area (Å²) in [5, 5.41) is 2.21. The molecule has 1 saturated carbocycles. The highest BCUT2D eigenvalue weighted by Crippen LogP contribution is 2.46. The maximum Gasteiger partial charge on any atom is 0.389 e. The van der Waals surface area contributed by atoms with Gasteiger partial charge in [-0.3, -0.25) is 4.79 Å². The van der Waals surface area contributed by atoms with E-state index in [1.54, 1.807) is 0 Å². The van der Waals surface area contributed by atoms with Crippen molar-refractivity contribution in [2.24, 2.45) is 5.41 Å². The average molecular weight is 431 g/mol. The van der Waals surface area contributed by atoms with Crippen LogP contribution in [-0.2, 0) is 6.42 Å². The van der Waals surface area contributed by atoms with Gasteiger partial charge in [0.2, 0.25) is 0 Å². The normalized spacial score (nSPS) is 21.8. The summed E-state index contributed by atoms with van der Waals surface area (Å²) in [4.78, 5) is 16.9. The van der Waals surface area contributed by atoms with Gasteiger partial charge in [0.1, 0.15) is 0 Å². The van der Waals surface area contributed by atoms with E-state index in [9.17, 15) is 18.0 Å². The number of rotatable bonds is 4. The van der Waals surface area contributed by atoms with E-state index in [1.807, 2.05) is 12.1 Å². The molecule has 6 heteroatoms. The van der Waals surface area contributed by atoms with Crippen LogP contribution in [0.3, 0.4) is 0 Å². The van der Waals surface area contributed by atoms with Gasteiger partial charge in [-0.1, -0.05) is 37.1 Å². The van der Waals surface area contributed by atoms with E-state index in [1.165, 1.54) is 0 Å². The summed E-state index contributed by atoms with van der Waals surface area (Å²) in [6, 6.07) is 10.2. The number of carbonyl (C=O) groups is 1. The predicted octanol–water partition coefficient (Wildman–Crippen LogP) is 5.60. The molecule has 2 aromatic carbocycles. The second-order valence-electron chi connectivity index (χ2n) is 9.69. The molecule has 0 unspecified atom stereocenters. The lowest BCUT2D eigenvalue weighted by atomic mass is 9.81. The monoisotopic (exact) mass is 430 g/mol. The van der Waals surface area contributed by atoms with E-state index in [0.717, 1.165) is 73.0 Å². The Morgan fingerprint density at radius 2 is 1.74 bits per heavy atom. The third-order valence-electron chi connectivity index (χ3n) is 7.48. The Hall–Kier alpha value is -2.08. The van der Waals surface area contributed by atoms with Crippen molar-refractivity contribution in [1.82, 2.24) is 4.90 Å². The zero-order chi connectivity index (χ0) is 21.6. The molecule has 5 rings (SSSR count). The second kappa shape index (κ2) is 7.80. The number of benzene rings is 2. The number of hydrogen-bond acceptors (Lipinski definition) is 3. The SMILES string of the molecule is O=C1Cc2ccc(N3CCCN(CC4(CC(F)(F)F)CCCC4)CC3)c3cccc1c23. The molecule has 0 aromatic heterocycles. The zero-order valence-corrected chi connectivity index (χ0v) is 17.8. The van der Waals surface area contributed by atoms with Crippen LogP contribution in [0.5, 0.6) is 0 Å². The maximum absolute atomic E-state index is 13.3. The molecule has 2 aromatic rings. The molecule has 3 nitrogen and oxygen atoms in total. The number of Topliss-reactive ketones (excluding diaryl/α,β-unsaturated/α-hetero) is 1. The quantitative estimate of drug-likeness (QED) is 0.631. The minimum absolute atomic E-state index is 0.186. The number of hydrogen-bond donors (Lipinski definition) is 0. The fourth-order valence-corrected chi connectivity index (χ4v) is 6.17. The minimum Gasteiger partial charge on any atom is -0.370 e. The van der Waals surface area contributed by atoms with Crippen LogP contribution in [0.2, 0.25) is 0 Å². The molecular weight excluding hydrogens is 401 g/mol. The van der Waals surface area contributed by atoms with Crippen molar-refractivity contribution >= 4 is 22.2 Å². The highest BCUT2D eigenvalue weighted by molar-refractivity contribution is 6.17. The molecule has 166 valence electrons. The van der Waals surface area contributed by atoms with Crippen molar-refractivity contribution in [3.63, 3.8) is 0 Å². The average Bonchev–Trinajstić information content (AvgIpc) is 3.20. The van der Waals surface area contributed by atoms with E-state index < -0.39 is 18.0 Å². The van der Waals surface area contributed by atoms with Crippen LogP contribution in [0.1, 0.15) is 54.4 Å². The van der Waals surface area contributed by atoms with Crippen molar-refractivity contribution in [2.45, 2.75) is 51.1 Å². The van der Waals surface area contributed by atoms with E-state index in [4.69, 9.17) is 0 Å². The summed E-state index contributed by atoms with van der Waals surface area (Å²) in [5.74, 6) is 0.186. The fraction of sp³-hybridized carbons (Fsp3) is 0.560. The summed E-state index contributed by atoms with van der Waals surface area (Å²) in [7, 11) is 0. The van der Waals surface area contributed by atoms with E-state index in [2.05, 4.69) is 28.0 Å². The summed E-state index contributed by atoms with van der Waals surface area (Å²) in [6.07, 6.45) is -0.126. The highest BCUT2D eigenvalue weighted by Gasteiger charge is 2.45. The number of ketones is 1. The fourth-order valence-electron chi connectivity index (χ4n) is 6.17. The molecule has 3 aliphatic rings. The van der Waals surface area contributed by atoms with Crippen molar-refractivity contribution < 1.29 is 18.0 Å². The minimum atomic E-state index is -4.09. The number of carbonyl (C=O) groups excluding carboxylic acids is 1. The first-order chi connectivity index (χ1) is 14.8. The Morgan fingerprint density at radius 3 is 2.52 bits per heavy atom. The van der Waals surface area contributed by atoms with Crippen LogP contribution >= 0.6 is 0 Å². The van der Waals surface area contributed by atoms with Gasteiger partial charge in [-0.2, -0.15) is 13.2 Å². The van der Waals surface area contributed by atoms with Gasteiger partial charge in [0, 0.05) is 49.2 Å². The lowest BCUT2D eigenvalue weighted by Gasteiger charge is -2.35. The zero-order valence-electron chi connectivity index (χ0n) is 17.8. The lowest BCUT2D eigenvalue weighted by molar-refractivity contribution is -0.160. The third kappa shape index (κ3) is 4.07. The van der Waals surface area contributed by atoms with Crippen molar-refractivity contribution in [3.8, 4) is 0 Å². The largest absolute Gasteiger partial charge is 0.389 e. The van der Waals surface area contributed by atoms with Crippen LogP contribution in [0.15, 0.2) is 30.3 Å². The van der Waals surface area contributed by atoms with E-state index >= 15 is 0 Å². The highest BCUT2D eigenvalue weighted by atomic mass is 19.4. The Morgan fingerprint density at radius 1 is 0.935 bits per heavy atom. The van der Waals surface area contributed by atoms with Gasteiger partial charge >= 0.3 is 6.18 Å². The molecule has 2 fully saturated rings. The van der Waals surface area contributed by atoms with Gasteiger partial charge in [0.15, 0.2) is 5.78 Å². The molecule has 1 heterocycles. The van der Waals surface area contributed by atoms with Crippen LogP contribution in [0, 0.1) is 5.41 Å². The van der Waals surface area contributed by atoms with Gasteiger partial charge in [0.05, 0.1) is 6.42 Å². The predicted molar refractivity (Wildman–Crippen MR) is 117 cm³/mol. The van der Waals surface area contributed by atoms with Crippen LogP contribution in [0.4, 0.5) is 18.9 Å². The molecule has 31 heavy (non-hydrogen) atoms. The van der Waals surface area contributed by atoms with Crippen molar-refractivity contribution in [2.75, 3.05) is 37.6 Å². The van der Waals surface area contributed by atoms with Crippen molar-refractivity contribution in [3.05, 3.63) is 41.5 Å². The first-order valence-electron chi connectivity index (χ1n) is 11.5. The van der Waals surface area contributed by atoms with Crippen LogP contribution in [0.25, 0.3) is 10.8 Å².